The van der Waals surface area contributed by atoms with Gasteiger partial charge >= 0.3 is 0 Å². The summed E-state index contributed by atoms with van der Waals surface area (Å²) in [5.74, 6) is 3.58. The van der Waals surface area contributed by atoms with E-state index in [1.54, 1.807) is 36.4 Å². The first-order valence-electron chi connectivity index (χ1n) is 11.6. The van der Waals surface area contributed by atoms with Crippen LogP contribution in [0.25, 0.3) is 0 Å². The SMILES string of the molecule is O=S(=O)(c1ccccc1)c1ccc(N[C@H]2C[C@@H]3CN(Cc4ccc5c(c4)OCO5)C[C@@H]3C2)nn1. The lowest BCUT2D eigenvalue weighted by Gasteiger charge is -2.20. The van der Waals surface area contributed by atoms with E-state index in [1.165, 1.54) is 11.6 Å². The molecule has 3 aromatic rings. The molecular formula is C25H26N4O4S. The molecule has 3 aliphatic rings. The third kappa shape index (κ3) is 4.10. The zero-order valence-corrected chi connectivity index (χ0v) is 19.4. The Balaban J connectivity index is 1.04. The summed E-state index contributed by atoms with van der Waals surface area (Å²) in [5.41, 5.74) is 1.25. The van der Waals surface area contributed by atoms with Gasteiger partial charge in [-0.3, -0.25) is 4.90 Å². The van der Waals surface area contributed by atoms with E-state index in [-0.39, 0.29) is 9.92 Å². The Labute approximate surface area is 198 Å². The highest BCUT2D eigenvalue weighted by Crippen LogP contribution is 2.40. The third-order valence-electron chi connectivity index (χ3n) is 6.99. The summed E-state index contributed by atoms with van der Waals surface area (Å²) in [6.45, 7) is 3.38. The molecule has 3 atom stereocenters. The molecule has 1 N–H and O–H groups in total. The van der Waals surface area contributed by atoms with Crippen molar-refractivity contribution in [3.05, 3.63) is 66.2 Å². The maximum atomic E-state index is 12.7. The Kier molecular flexibility index (Phi) is 5.38. The Hall–Kier alpha value is -3.17. The third-order valence-corrected chi connectivity index (χ3v) is 8.65. The molecule has 0 amide bonds. The summed E-state index contributed by atoms with van der Waals surface area (Å²) in [7, 11) is -3.65. The number of nitrogens with one attached hydrogen (secondary N) is 1. The van der Waals surface area contributed by atoms with Crippen LogP contribution in [0.2, 0.25) is 0 Å². The van der Waals surface area contributed by atoms with E-state index in [0.29, 0.717) is 30.5 Å². The fourth-order valence-electron chi connectivity index (χ4n) is 5.41. The first-order chi connectivity index (χ1) is 16.5. The molecule has 1 aromatic heterocycles. The number of fused-ring (bicyclic) bond motifs is 2. The van der Waals surface area contributed by atoms with Crippen molar-refractivity contribution in [2.45, 2.75) is 35.3 Å². The van der Waals surface area contributed by atoms with Crippen LogP contribution in [0.3, 0.4) is 0 Å². The minimum Gasteiger partial charge on any atom is -0.454 e. The van der Waals surface area contributed by atoms with Gasteiger partial charge in [0.05, 0.1) is 4.90 Å². The predicted octanol–water partition coefficient (Wildman–Crippen LogP) is 3.36. The predicted molar refractivity (Wildman–Crippen MR) is 125 cm³/mol. The summed E-state index contributed by atoms with van der Waals surface area (Å²) in [6, 6.07) is 18.1. The van der Waals surface area contributed by atoms with Gasteiger partial charge < -0.3 is 14.8 Å². The topological polar surface area (TPSA) is 93.7 Å². The molecule has 0 bridgehead atoms. The molecule has 1 aliphatic carbocycles. The van der Waals surface area contributed by atoms with Crippen LogP contribution < -0.4 is 14.8 Å². The second-order valence-corrected chi connectivity index (χ2v) is 11.2. The first-order valence-corrected chi connectivity index (χ1v) is 13.0. The van der Waals surface area contributed by atoms with Crippen LogP contribution in [0.1, 0.15) is 18.4 Å². The lowest BCUT2D eigenvalue weighted by molar-refractivity contribution is 0.174. The first kappa shape index (κ1) is 21.4. The Morgan fingerprint density at radius 1 is 0.912 bits per heavy atom. The number of hydrogen-bond donors (Lipinski definition) is 1. The van der Waals surface area contributed by atoms with E-state index in [1.807, 2.05) is 6.07 Å². The fourth-order valence-corrected chi connectivity index (χ4v) is 6.56. The van der Waals surface area contributed by atoms with E-state index < -0.39 is 9.84 Å². The van der Waals surface area contributed by atoms with Crippen molar-refractivity contribution in [3.63, 3.8) is 0 Å². The highest BCUT2D eigenvalue weighted by molar-refractivity contribution is 7.91. The van der Waals surface area contributed by atoms with Gasteiger partial charge in [0.1, 0.15) is 5.82 Å². The van der Waals surface area contributed by atoms with Crippen LogP contribution in [0.5, 0.6) is 11.5 Å². The highest BCUT2D eigenvalue weighted by atomic mass is 32.2. The number of nitrogens with zero attached hydrogens (tertiary/aromatic N) is 3. The fraction of sp³-hybridized carbons (Fsp3) is 0.360. The van der Waals surface area contributed by atoms with Gasteiger partial charge in [-0.2, -0.15) is 0 Å². The van der Waals surface area contributed by atoms with Gasteiger partial charge in [0, 0.05) is 25.7 Å². The van der Waals surface area contributed by atoms with Crippen LogP contribution in [0.4, 0.5) is 5.82 Å². The van der Waals surface area contributed by atoms with Gasteiger partial charge in [-0.15, -0.1) is 10.2 Å². The second-order valence-electron chi connectivity index (χ2n) is 9.29. The van der Waals surface area contributed by atoms with E-state index >= 15 is 0 Å². The second kappa shape index (κ2) is 8.56. The van der Waals surface area contributed by atoms with Gasteiger partial charge in [0.25, 0.3) is 0 Å². The zero-order valence-electron chi connectivity index (χ0n) is 18.6. The van der Waals surface area contributed by atoms with Crippen LogP contribution in [0.15, 0.2) is 70.6 Å². The molecule has 2 fully saturated rings. The maximum Gasteiger partial charge on any atom is 0.231 e. The van der Waals surface area contributed by atoms with Crippen molar-refractivity contribution in [2.24, 2.45) is 11.8 Å². The number of sulfone groups is 1. The largest absolute Gasteiger partial charge is 0.454 e. The molecule has 0 spiro atoms. The van der Waals surface area contributed by atoms with Crippen molar-refractivity contribution in [1.29, 1.82) is 0 Å². The molecule has 1 saturated heterocycles. The van der Waals surface area contributed by atoms with Gasteiger partial charge in [0.15, 0.2) is 16.5 Å². The molecule has 176 valence electrons. The van der Waals surface area contributed by atoms with E-state index in [0.717, 1.165) is 44.0 Å². The van der Waals surface area contributed by atoms with E-state index in [9.17, 15) is 8.42 Å². The number of rotatable bonds is 6. The molecule has 2 aliphatic heterocycles. The monoisotopic (exact) mass is 478 g/mol. The van der Waals surface area contributed by atoms with E-state index in [2.05, 4.69) is 32.5 Å². The summed E-state index contributed by atoms with van der Waals surface area (Å²) >= 11 is 0. The number of likely N-dealkylation sites (tertiary alicyclic amines) is 1. The number of anilines is 1. The number of hydrogen-bond acceptors (Lipinski definition) is 8. The van der Waals surface area contributed by atoms with Gasteiger partial charge in [-0.05, 0) is 66.6 Å². The normalized spacial score (nSPS) is 23.7. The zero-order chi connectivity index (χ0) is 23.1. The quantitative estimate of drug-likeness (QED) is 0.577. The number of ether oxygens (including phenoxy) is 2. The van der Waals surface area contributed by atoms with Crippen molar-refractivity contribution < 1.29 is 17.9 Å². The maximum absolute atomic E-state index is 12.7. The lowest BCUT2D eigenvalue weighted by Crippen LogP contribution is -2.25. The Morgan fingerprint density at radius 2 is 1.68 bits per heavy atom. The number of benzene rings is 2. The van der Waals surface area contributed by atoms with Gasteiger partial charge in [-0.25, -0.2) is 8.42 Å². The minimum absolute atomic E-state index is 0.0355. The molecule has 1 saturated carbocycles. The van der Waals surface area contributed by atoms with Crippen molar-refractivity contribution in [1.82, 2.24) is 15.1 Å². The van der Waals surface area contributed by atoms with Crippen molar-refractivity contribution in [2.75, 3.05) is 25.2 Å². The van der Waals surface area contributed by atoms with Crippen LogP contribution >= 0.6 is 0 Å². The van der Waals surface area contributed by atoms with Crippen molar-refractivity contribution >= 4 is 15.7 Å². The Morgan fingerprint density at radius 3 is 2.41 bits per heavy atom. The summed E-state index contributed by atoms with van der Waals surface area (Å²) in [6.07, 6.45) is 2.15. The minimum atomic E-state index is -3.65. The standard InChI is InChI=1S/C25H26N4O4S/c30-34(31,21-4-2-1-3-5-21)25-9-8-24(27-28-25)26-20-11-18-14-29(15-19(18)12-20)13-17-6-7-22-23(10-17)33-16-32-22/h1-10,18-20H,11-16H2,(H,26,27)/t18-,19+,20+. The van der Waals surface area contributed by atoms with Crippen molar-refractivity contribution in [3.8, 4) is 11.5 Å². The van der Waals surface area contributed by atoms with Crippen LogP contribution in [0, 0.1) is 11.8 Å². The highest BCUT2D eigenvalue weighted by Gasteiger charge is 2.41. The van der Waals surface area contributed by atoms with E-state index in [4.69, 9.17) is 9.47 Å². The van der Waals surface area contributed by atoms with Gasteiger partial charge in [-0.1, -0.05) is 24.3 Å². The summed E-state index contributed by atoms with van der Waals surface area (Å²) in [5, 5.41) is 11.6. The average molecular weight is 479 g/mol. The number of aromatic nitrogens is 2. The summed E-state index contributed by atoms with van der Waals surface area (Å²) in [4.78, 5) is 2.74. The molecule has 8 nitrogen and oxygen atoms in total. The average Bonchev–Trinajstić information content (AvgIpc) is 3.55. The molecule has 0 unspecified atom stereocenters. The lowest BCUT2D eigenvalue weighted by atomic mass is 10.0. The molecule has 2 aromatic carbocycles. The molecule has 6 rings (SSSR count). The van der Waals surface area contributed by atoms with Crippen LogP contribution in [-0.4, -0.2) is 49.4 Å². The van der Waals surface area contributed by atoms with Crippen LogP contribution in [-0.2, 0) is 16.4 Å². The molecular weight excluding hydrogens is 452 g/mol. The Bertz CT molecular complexity index is 1270. The smallest absolute Gasteiger partial charge is 0.231 e. The molecule has 0 radical (unpaired) electrons. The molecule has 34 heavy (non-hydrogen) atoms. The van der Waals surface area contributed by atoms with Gasteiger partial charge in [0.2, 0.25) is 16.6 Å². The molecule has 9 heteroatoms. The molecule has 3 heterocycles. The summed E-state index contributed by atoms with van der Waals surface area (Å²) < 4.78 is 36.3.